The standard InChI is InChI=1S/C5H10IO/c1-7-5-3-2-4-6/h3H,2,4-5H2,1H3. The summed E-state index contributed by atoms with van der Waals surface area (Å²) in [6.45, 7) is 0.795. The molecule has 0 bridgehead atoms. The highest BCUT2D eigenvalue weighted by molar-refractivity contribution is 14.1. The molecule has 0 amide bonds. The summed E-state index contributed by atoms with van der Waals surface area (Å²) >= 11 is 2.34. The van der Waals surface area contributed by atoms with Gasteiger partial charge in [0.1, 0.15) is 0 Å². The number of hydrogen-bond acceptors (Lipinski definition) is 1. The van der Waals surface area contributed by atoms with Crippen LogP contribution in [0.15, 0.2) is 0 Å². The highest BCUT2D eigenvalue weighted by atomic mass is 127. The van der Waals surface area contributed by atoms with Crippen molar-refractivity contribution in [2.45, 2.75) is 6.42 Å². The second-order valence-corrected chi connectivity index (χ2v) is 2.30. The van der Waals surface area contributed by atoms with Gasteiger partial charge in [0.25, 0.3) is 0 Å². The lowest BCUT2D eigenvalue weighted by Crippen LogP contribution is -1.88. The molecule has 43 valence electrons. The van der Waals surface area contributed by atoms with Crippen LogP contribution in [0.2, 0.25) is 0 Å². The number of halogens is 1. The molecule has 0 aliphatic heterocycles. The fraction of sp³-hybridized carbons (Fsp3) is 0.800. The van der Waals surface area contributed by atoms with Gasteiger partial charge in [-0.25, -0.2) is 0 Å². The first-order chi connectivity index (χ1) is 3.41. The van der Waals surface area contributed by atoms with Gasteiger partial charge in [0, 0.05) is 13.7 Å². The van der Waals surface area contributed by atoms with Crippen molar-refractivity contribution in [3.63, 3.8) is 0 Å². The molecule has 0 aliphatic rings. The molecule has 0 saturated carbocycles. The molecule has 1 nitrogen and oxygen atoms in total. The summed E-state index contributed by atoms with van der Waals surface area (Å²) in [7, 11) is 1.71. The maximum atomic E-state index is 4.78. The average Bonchev–Trinajstić information content (AvgIpc) is 1.69. The highest BCUT2D eigenvalue weighted by Crippen LogP contribution is 1.91. The van der Waals surface area contributed by atoms with E-state index in [2.05, 4.69) is 29.0 Å². The van der Waals surface area contributed by atoms with E-state index in [1.54, 1.807) is 7.11 Å². The molecule has 0 atom stereocenters. The van der Waals surface area contributed by atoms with Gasteiger partial charge in [0.15, 0.2) is 0 Å². The fourth-order valence-corrected chi connectivity index (χ4v) is 0.719. The lowest BCUT2D eigenvalue weighted by atomic mass is 10.4. The summed E-state index contributed by atoms with van der Waals surface area (Å²) in [6.07, 6.45) is 3.29. The molecule has 0 heterocycles. The largest absolute Gasteiger partial charge is 0.384 e. The normalized spacial score (nSPS) is 9.43. The number of unbranched alkanes of at least 4 members (excludes halogenated alkanes) is 1. The lowest BCUT2D eigenvalue weighted by Gasteiger charge is -1.91. The smallest absolute Gasteiger partial charge is 0.0494 e. The Hall–Kier alpha value is 0.690. The quantitative estimate of drug-likeness (QED) is 0.392. The zero-order valence-electron chi connectivity index (χ0n) is 4.48. The number of rotatable bonds is 4. The van der Waals surface area contributed by atoms with Crippen molar-refractivity contribution in [3.8, 4) is 0 Å². The molecular formula is C5H10IO. The third-order valence-corrected chi connectivity index (χ3v) is 1.22. The van der Waals surface area contributed by atoms with Crippen molar-refractivity contribution in [2.24, 2.45) is 0 Å². The van der Waals surface area contributed by atoms with Crippen LogP contribution >= 0.6 is 22.6 Å². The maximum Gasteiger partial charge on any atom is 0.0494 e. The summed E-state index contributed by atoms with van der Waals surface area (Å²) in [5, 5.41) is 0. The molecule has 0 spiro atoms. The SMILES string of the molecule is COC[CH]CCI. The minimum Gasteiger partial charge on any atom is -0.384 e. The summed E-state index contributed by atoms with van der Waals surface area (Å²) in [6, 6.07) is 0. The molecule has 0 aromatic rings. The van der Waals surface area contributed by atoms with Crippen LogP contribution in [0.5, 0.6) is 0 Å². The van der Waals surface area contributed by atoms with E-state index >= 15 is 0 Å². The van der Waals surface area contributed by atoms with E-state index in [1.807, 2.05) is 0 Å². The van der Waals surface area contributed by atoms with Crippen LogP contribution in [0.25, 0.3) is 0 Å². The fourth-order valence-electron chi connectivity index (χ4n) is 0.278. The number of ether oxygens (including phenoxy) is 1. The molecule has 0 unspecified atom stereocenters. The molecule has 7 heavy (non-hydrogen) atoms. The van der Waals surface area contributed by atoms with E-state index in [0.29, 0.717) is 0 Å². The Morgan fingerprint density at radius 2 is 2.43 bits per heavy atom. The molecule has 1 radical (unpaired) electrons. The van der Waals surface area contributed by atoms with Gasteiger partial charge < -0.3 is 4.74 Å². The van der Waals surface area contributed by atoms with E-state index in [9.17, 15) is 0 Å². The first kappa shape index (κ1) is 7.69. The Bertz CT molecular complexity index is 27.3. The molecular weight excluding hydrogens is 203 g/mol. The van der Waals surface area contributed by atoms with Crippen LogP contribution in [0, 0.1) is 6.42 Å². The molecule has 0 rings (SSSR count). The third-order valence-electron chi connectivity index (χ3n) is 0.598. The van der Waals surface area contributed by atoms with Crippen LogP contribution in [-0.2, 0) is 4.74 Å². The molecule has 0 N–H and O–H groups in total. The zero-order valence-corrected chi connectivity index (χ0v) is 6.64. The summed E-state index contributed by atoms with van der Waals surface area (Å²) in [4.78, 5) is 0. The predicted octanol–water partition coefficient (Wildman–Crippen LogP) is 1.66. The molecule has 0 fully saturated rings. The topological polar surface area (TPSA) is 9.23 Å². The van der Waals surface area contributed by atoms with Crippen LogP contribution < -0.4 is 0 Å². The summed E-state index contributed by atoms with van der Waals surface area (Å²) < 4.78 is 5.98. The van der Waals surface area contributed by atoms with E-state index in [1.165, 1.54) is 4.43 Å². The molecule has 2 heteroatoms. The van der Waals surface area contributed by atoms with E-state index in [-0.39, 0.29) is 0 Å². The summed E-state index contributed by atoms with van der Waals surface area (Å²) in [5.74, 6) is 0. The average molecular weight is 213 g/mol. The minimum absolute atomic E-state index is 0.795. The number of hydrogen-bond donors (Lipinski definition) is 0. The van der Waals surface area contributed by atoms with Crippen molar-refractivity contribution >= 4 is 22.6 Å². The Morgan fingerprint density at radius 3 is 2.86 bits per heavy atom. The third kappa shape index (κ3) is 6.69. The summed E-state index contributed by atoms with van der Waals surface area (Å²) in [5.41, 5.74) is 0. The van der Waals surface area contributed by atoms with Crippen LogP contribution in [0.4, 0.5) is 0 Å². The van der Waals surface area contributed by atoms with Gasteiger partial charge in [0.2, 0.25) is 0 Å². The molecule has 0 aromatic carbocycles. The van der Waals surface area contributed by atoms with Crippen LogP contribution in [0.3, 0.4) is 0 Å². The second kappa shape index (κ2) is 6.69. The second-order valence-electron chi connectivity index (χ2n) is 1.22. The predicted molar refractivity (Wildman–Crippen MR) is 39.7 cm³/mol. The molecule has 0 saturated heterocycles. The van der Waals surface area contributed by atoms with Gasteiger partial charge in [-0.2, -0.15) is 0 Å². The number of alkyl halides is 1. The maximum absolute atomic E-state index is 4.78. The molecule has 0 aliphatic carbocycles. The van der Waals surface area contributed by atoms with Gasteiger partial charge in [-0.15, -0.1) is 0 Å². The van der Waals surface area contributed by atoms with Crippen molar-refractivity contribution < 1.29 is 4.74 Å². The van der Waals surface area contributed by atoms with Crippen molar-refractivity contribution in [2.75, 3.05) is 18.1 Å². The van der Waals surface area contributed by atoms with E-state index < -0.39 is 0 Å². The lowest BCUT2D eigenvalue weighted by molar-refractivity contribution is 0.221. The van der Waals surface area contributed by atoms with Gasteiger partial charge in [-0.05, 0) is 17.3 Å². The Labute approximate surface area is 58.6 Å². The minimum atomic E-state index is 0.795. The van der Waals surface area contributed by atoms with Crippen molar-refractivity contribution in [3.05, 3.63) is 6.42 Å². The first-order valence-corrected chi connectivity index (χ1v) is 3.81. The van der Waals surface area contributed by atoms with Crippen LogP contribution in [0.1, 0.15) is 6.42 Å². The van der Waals surface area contributed by atoms with Crippen molar-refractivity contribution in [1.29, 1.82) is 0 Å². The van der Waals surface area contributed by atoms with Crippen LogP contribution in [-0.4, -0.2) is 18.1 Å². The van der Waals surface area contributed by atoms with Gasteiger partial charge >= 0.3 is 0 Å². The van der Waals surface area contributed by atoms with Gasteiger partial charge in [-0.1, -0.05) is 22.6 Å². The van der Waals surface area contributed by atoms with E-state index in [4.69, 9.17) is 4.74 Å². The monoisotopic (exact) mass is 213 g/mol. The van der Waals surface area contributed by atoms with E-state index in [0.717, 1.165) is 13.0 Å². The van der Waals surface area contributed by atoms with Crippen molar-refractivity contribution in [1.82, 2.24) is 0 Å². The molecule has 0 aromatic heterocycles. The first-order valence-electron chi connectivity index (χ1n) is 2.28. The number of methoxy groups -OCH3 is 1. The Balaban J connectivity index is 2.45. The van der Waals surface area contributed by atoms with Gasteiger partial charge in [0.05, 0.1) is 0 Å². The highest BCUT2D eigenvalue weighted by Gasteiger charge is 1.81. The zero-order chi connectivity index (χ0) is 5.54. The van der Waals surface area contributed by atoms with Gasteiger partial charge in [-0.3, -0.25) is 0 Å². The Morgan fingerprint density at radius 1 is 1.71 bits per heavy atom. The Kier molecular flexibility index (Phi) is 7.35.